The van der Waals surface area contributed by atoms with E-state index in [9.17, 15) is 14.7 Å². The van der Waals surface area contributed by atoms with Crippen LogP contribution in [0.2, 0.25) is 5.02 Å². The zero-order valence-corrected chi connectivity index (χ0v) is 17.2. The highest BCUT2D eigenvalue weighted by Gasteiger charge is 2.09. The number of phenolic OH excluding ortho intramolecular Hbond substituents is 1. The van der Waals surface area contributed by atoms with Crippen molar-refractivity contribution in [2.75, 3.05) is 18.8 Å². The fourth-order valence-corrected chi connectivity index (χ4v) is 4.12. The Hall–Kier alpha value is -2.70. The van der Waals surface area contributed by atoms with Crippen LogP contribution < -0.4 is 10.6 Å². The summed E-state index contributed by atoms with van der Waals surface area (Å²) < 4.78 is 0. The van der Waals surface area contributed by atoms with Gasteiger partial charge in [-0.3, -0.25) is 9.59 Å². The molecule has 0 spiro atoms. The summed E-state index contributed by atoms with van der Waals surface area (Å²) in [5.74, 6) is 0.0175. The van der Waals surface area contributed by atoms with Gasteiger partial charge in [-0.1, -0.05) is 41.9 Å². The van der Waals surface area contributed by atoms with Crippen LogP contribution in [0.15, 0.2) is 65.6 Å². The van der Waals surface area contributed by atoms with Gasteiger partial charge in [-0.15, -0.1) is 11.8 Å². The third-order valence-corrected chi connectivity index (χ3v) is 5.62. The second-order valence-electron chi connectivity index (χ2n) is 6.39. The van der Waals surface area contributed by atoms with E-state index in [2.05, 4.69) is 10.6 Å². The molecule has 0 radical (unpaired) electrons. The van der Waals surface area contributed by atoms with Crippen LogP contribution >= 0.6 is 23.4 Å². The van der Waals surface area contributed by atoms with Gasteiger partial charge in [0.25, 0.3) is 5.91 Å². The molecular formula is C22H21ClN2O3S. The number of hydrogen-bond acceptors (Lipinski definition) is 4. The van der Waals surface area contributed by atoms with Gasteiger partial charge in [-0.25, -0.2) is 0 Å². The van der Waals surface area contributed by atoms with E-state index < -0.39 is 0 Å². The SMILES string of the molecule is O=C(CSc1cccc2cccc(Cl)c12)NCCCNC(=O)c1cccc(O)c1. The minimum atomic E-state index is -0.254. The van der Waals surface area contributed by atoms with E-state index in [4.69, 9.17) is 11.6 Å². The first-order chi connectivity index (χ1) is 14.0. The Labute approximate surface area is 178 Å². The van der Waals surface area contributed by atoms with Crippen molar-refractivity contribution in [3.63, 3.8) is 0 Å². The molecule has 0 saturated carbocycles. The Morgan fingerprint density at radius 1 is 0.966 bits per heavy atom. The molecule has 0 heterocycles. The monoisotopic (exact) mass is 428 g/mol. The van der Waals surface area contributed by atoms with Crippen molar-refractivity contribution in [1.29, 1.82) is 0 Å². The summed E-state index contributed by atoms with van der Waals surface area (Å²) >= 11 is 7.76. The van der Waals surface area contributed by atoms with E-state index in [1.165, 1.54) is 23.9 Å². The number of thioether (sulfide) groups is 1. The molecule has 5 nitrogen and oxygen atoms in total. The van der Waals surface area contributed by atoms with Crippen molar-refractivity contribution in [2.24, 2.45) is 0 Å². The number of halogens is 1. The number of carbonyl (C=O) groups excluding carboxylic acids is 2. The standard InChI is InChI=1S/C22H21ClN2O3S/c23-18-9-2-5-15-6-3-10-19(21(15)18)29-14-20(27)24-11-4-12-25-22(28)16-7-1-8-17(26)13-16/h1-3,5-10,13,26H,4,11-12,14H2,(H,24,27)(H,25,28). The molecular weight excluding hydrogens is 408 g/mol. The Bertz CT molecular complexity index is 1020. The van der Waals surface area contributed by atoms with Crippen molar-refractivity contribution < 1.29 is 14.7 Å². The first-order valence-corrected chi connectivity index (χ1v) is 10.5. The number of nitrogens with one attached hydrogen (secondary N) is 2. The van der Waals surface area contributed by atoms with E-state index in [1.54, 1.807) is 12.1 Å². The van der Waals surface area contributed by atoms with E-state index in [1.807, 2.05) is 36.4 Å². The smallest absolute Gasteiger partial charge is 0.251 e. The van der Waals surface area contributed by atoms with Crippen molar-refractivity contribution in [1.82, 2.24) is 10.6 Å². The minimum Gasteiger partial charge on any atom is -0.508 e. The molecule has 3 aromatic carbocycles. The number of aromatic hydroxyl groups is 1. The summed E-state index contributed by atoms with van der Waals surface area (Å²) in [6.45, 7) is 0.900. The Kier molecular flexibility index (Phi) is 7.38. The van der Waals surface area contributed by atoms with Crippen molar-refractivity contribution in [3.05, 3.63) is 71.2 Å². The number of phenols is 1. The van der Waals surface area contributed by atoms with Crippen LogP contribution in [-0.4, -0.2) is 35.8 Å². The van der Waals surface area contributed by atoms with Gasteiger partial charge in [-0.05, 0) is 42.1 Å². The molecule has 29 heavy (non-hydrogen) atoms. The molecule has 0 atom stereocenters. The van der Waals surface area contributed by atoms with Crippen molar-refractivity contribution in [3.8, 4) is 5.75 Å². The average molecular weight is 429 g/mol. The number of benzene rings is 3. The van der Waals surface area contributed by atoms with Gasteiger partial charge in [0, 0.05) is 34.0 Å². The molecule has 0 unspecified atom stereocenters. The van der Waals surface area contributed by atoms with Gasteiger partial charge in [0.05, 0.1) is 5.75 Å². The Morgan fingerprint density at radius 2 is 1.69 bits per heavy atom. The van der Waals surface area contributed by atoms with Crippen LogP contribution in [0.25, 0.3) is 10.8 Å². The highest BCUT2D eigenvalue weighted by atomic mass is 35.5. The Morgan fingerprint density at radius 3 is 2.48 bits per heavy atom. The van der Waals surface area contributed by atoms with E-state index in [0.717, 1.165) is 15.7 Å². The number of rotatable bonds is 8. The lowest BCUT2D eigenvalue weighted by Gasteiger charge is -2.09. The van der Waals surface area contributed by atoms with Gasteiger partial charge in [0.1, 0.15) is 5.75 Å². The first-order valence-electron chi connectivity index (χ1n) is 9.18. The highest BCUT2D eigenvalue weighted by molar-refractivity contribution is 8.00. The molecule has 0 aromatic heterocycles. The zero-order chi connectivity index (χ0) is 20.6. The predicted molar refractivity (Wildman–Crippen MR) is 118 cm³/mol. The van der Waals surface area contributed by atoms with Crippen molar-refractivity contribution in [2.45, 2.75) is 11.3 Å². The summed E-state index contributed by atoms with van der Waals surface area (Å²) in [6.07, 6.45) is 0.612. The fourth-order valence-electron chi connectivity index (χ4n) is 2.84. The summed E-state index contributed by atoms with van der Waals surface area (Å²) in [7, 11) is 0. The molecule has 150 valence electrons. The number of amides is 2. The zero-order valence-electron chi connectivity index (χ0n) is 15.7. The summed E-state index contributed by atoms with van der Waals surface area (Å²) in [5.41, 5.74) is 0.402. The highest BCUT2D eigenvalue weighted by Crippen LogP contribution is 2.33. The molecule has 3 aromatic rings. The topological polar surface area (TPSA) is 78.4 Å². The minimum absolute atomic E-state index is 0.0508. The van der Waals surface area contributed by atoms with Crippen LogP contribution in [0.4, 0.5) is 0 Å². The molecule has 3 rings (SSSR count). The molecule has 0 aliphatic heterocycles. The Balaban J connectivity index is 1.39. The molecule has 0 fully saturated rings. The third-order valence-electron chi connectivity index (χ3n) is 4.24. The van der Waals surface area contributed by atoms with Crippen LogP contribution in [0.3, 0.4) is 0 Å². The molecule has 0 aliphatic carbocycles. The van der Waals surface area contributed by atoms with Crippen molar-refractivity contribution >= 4 is 45.9 Å². The van der Waals surface area contributed by atoms with Gasteiger partial charge < -0.3 is 15.7 Å². The van der Waals surface area contributed by atoms with Crippen LogP contribution in [0, 0.1) is 0 Å². The lowest BCUT2D eigenvalue weighted by atomic mass is 10.1. The average Bonchev–Trinajstić information content (AvgIpc) is 2.72. The van der Waals surface area contributed by atoms with Crippen LogP contribution in [0.5, 0.6) is 5.75 Å². The van der Waals surface area contributed by atoms with E-state index in [0.29, 0.717) is 35.8 Å². The molecule has 0 aliphatic rings. The van der Waals surface area contributed by atoms with Crippen LogP contribution in [0.1, 0.15) is 16.8 Å². The second-order valence-corrected chi connectivity index (χ2v) is 7.82. The molecule has 7 heteroatoms. The molecule has 0 bridgehead atoms. The summed E-state index contributed by atoms with van der Waals surface area (Å²) in [6, 6.07) is 17.8. The van der Waals surface area contributed by atoms with Gasteiger partial charge in [0.15, 0.2) is 0 Å². The predicted octanol–water partition coefficient (Wildman–Crippen LogP) is 4.23. The van der Waals surface area contributed by atoms with Gasteiger partial charge >= 0.3 is 0 Å². The van der Waals surface area contributed by atoms with Gasteiger partial charge in [0.2, 0.25) is 5.91 Å². The fraction of sp³-hybridized carbons (Fsp3) is 0.182. The maximum absolute atomic E-state index is 12.1. The summed E-state index contributed by atoms with van der Waals surface area (Å²) in [5, 5.41) is 17.7. The maximum atomic E-state index is 12.1. The maximum Gasteiger partial charge on any atom is 0.251 e. The largest absolute Gasteiger partial charge is 0.508 e. The van der Waals surface area contributed by atoms with E-state index >= 15 is 0 Å². The number of fused-ring (bicyclic) bond motifs is 1. The third kappa shape index (κ3) is 5.89. The van der Waals surface area contributed by atoms with Gasteiger partial charge in [-0.2, -0.15) is 0 Å². The first kappa shape index (κ1) is 21.0. The molecule has 3 N–H and O–H groups in total. The summed E-state index contributed by atoms with van der Waals surface area (Å²) in [4.78, 5) is 25.1. The number of hydrogen-bond donors (Lipinski definition) is 3. The quantitative estimate of drug-likeness (QED) is 0.370. The molecule has 0 saturated heterocycles. The van der Waals surface area contributed by atoms with Crippen LogP contribution in [-0.2, 0) is 4.79 Å². The second kappa shape index (κ2) is 10.2. The number of carbonyl (C=O) groups is 2. The molecule has 2 amide bonds. The van der Waals surface area contributed by atoms with E-state index in [-0.39, 0.29) is 17.6 Å². The lowest BCUT2D eigenvalue weighted by Crippen LogP contribution is -2.30. The lowest BCUT2D eigenvalue weighted by molar-refractivity contribution is -0.118. The normalized spacial score (nSPS) is 10.7.